The maximum absolute atomic E-state index is 10.2. The Balaban J connectivity index is 1.94. The minimum absolute atomic E-state index is 0.0336. The van der Waals surface area contributed by atoms with Gasteiger partial charge in [0.2, 0.25) is 0 Å². The summed E-state index contributed by atoms with van der Waals surface area (Å²) in [7, 11) is 0. The number of nitrogens with zero attached hydrogens (tertiary/aromatic N) is 1. The highest BCUT2D eigenvalue weighted by atomic mass is 16.5. The summed E-state index contributed by atoms with van der Waals surface area (Å²) < 4.78 is 5.71. The van der Waals surface area contributed by atoms with Gasteiger partial charge in [0, 0.05) is 31.6 Å². The van der Waals surface area contributed by atoms with Gasteiger partial charge in [0.15, 0.2) is 0 Å². The molecule has 0 amide bonds. The van der Waals surface area contributed by atoms with Gasteiger partial charge in [0.25, 0.3) is 0 Å². The highest BCUT2D eigenvalue weighted by Crippen LogP contribution is 2.33. The van der Waals surface area contributed by atoms with E-state index in [4.69, 9.17) is 15.6 Å². The van der Waals surface area contributed by atoms with Crippen LogP contribution in [-0.4, -0.2) is 65.7 Å². The number of phenolic OH excluding ortho intramolecular Hbond substituents is 1. The molecule has 1 atom stereocenters. The van der Waals surface area contributed by atoms with Crippen LogP contribution in [0.5, 0.6) is 11.5 Å². The zero-order valence-electron chi connectivity index (χ0n) is 16.7. The van der Waals surface area contributed by atoms with Gasteiger partial charge in [-0.1, -0.05) is 38.1 Å². The van der Waals surface area contributed by atoms with E-state index in [0.717, 1.165) is 11.1 Å². The van der Waals surface area contributed by atoms with E-state index in [0.29, 0.717) is 31.9 Å². The van der Waals surface area contributed by atoms with Gasteiger partial charge in [0.1, 0.15) is 24.2 Å². The third-order valence-corrected chi connectivity index (χ3v) is 4.94. The van der Waals surface area contributed by atoms with E-state index in [2.05, 4.69) is 13.8 Å². The summed E-state index contributed by atoms with van der Waals surface area (Å²) in [5.41, 5.74) is 7.58. The average Bonchev–Trinajstić information content (AvgIpc) is 2.67. The molecule has 28 heavy (non-hydrogen) atoms. The number of rotatable bonds is 11. The van der Waals surface area contributed by atoms with Gasteiger partial charge >= 0.3 is 0 Å². The van der Waals surface area contributed by atoms with Crippen LogP contribution < -0.4 is 10.5 Å². The summed E-state index contributed by atoms with van der Waals surface area (Å²) in [5.74, 6) is 0.947. The fraction of sp³-hybridized carbons (Fsp3) is 0.455. The maximum Gasteiger partial charge on any atom is 0.119 e. The first-order valence-corrected chi connectivity index (χ1v) is 9.61. The Bertz CT molecular complexity index is 695. The molecule has 0 aliphatic rings. The van der Waals surface area contributed by atoms with E-state index in [1.165, 1.54) is 0 Å². The van der Waals surface area contributed by atoms with Gasteiger partial charge in [-0.25, -0.2) is 0 Å². The standard InChI is InChI=1S/C22H32N2O4/c1-22(2,17-3-7-19(26)8-4-17)18-5-9-21(10-6-18)28-16-20(27)15-24(12-11-23)13-14-25/h3-10,20,25-27H,11-16,23H2,1-2H3. The predicted octanol–water partition coefficient (Wildman–Crippen LogP) is 1.71. The normalized spacial score (nSPS) is 12.9. The molecule has 0 heterocycles. The fourth-order valence-electron chi connectivity index (χ4n) is 3.17. The van der Waals surface area contributed by atoms with Crippen LogP contribution in [0.1, 0.15) is 25.0 Å². The number of ether oxygens (including phenoxy) is 1. The molecular weight excluding hydrogens is 356 g/mol. The highest BCUT2D eigenvalue weighted by Gasteiger charge is 2.23. The molecule has 2 rings (SSSR count). The number of hydrogen-bond donors (Lipinski definition) is 4. The molecule has 0 radical (unpaired) electrons. The lowest BCUT2D eigenvalue weighted by atomic mass is 9.78. The van der Waals surface area contributed by atoms with Gasteiger partial charge in [-0.2, -0.15) is 0 Å². The molecule has 0 aliphatic carbocycles. The van der Waals surface area contributed by atoms with Crippen molar-refractivity contribution < 1.29 is 20.1 Å². The van der Waals surface area contributed by atoms with Gasteiger partial charge < -0.3 is 25.8 Å². The van der Waals surface area contributed by atoms with Crippen LogP contribution in [0.3, 0.4) is 0 Å². The smallest absolute Gasteiger partial charge is 0.119 e. The summed E-state index contributed by atoms with van der Waals surface area (Å²) in [6.45, 7) is 6.46. The molecule has 0 bridgehead atoms. The van der Waals surface area contributed by atoms with Crippen LogP contribution in [0.15, 0.2) is 48.5 Å². The molecule has 2 aromatic rings. The third kappa shape index (κ3) is 6.21. The van der Waals surface area contributed by atoms with Gasteiger partial charge in [0.05, 0.1) is 6.61 Å². The Kier molecular flexibility index (Phi) is 8.26. The lowest BCUT2D eigenvalue weighted by molar-refractivity contribution is 0.0629. The molecule has 6 nitrogen and oxygen atoms in total. The summed E-state index contributed by atoms with van der Waals surface area (Å²) in [6, 6.07) is 15.1. The Morgan fingerprint density at radius 3 is 2.11 bits per heavy atom. The van der Waals surface area contributed by atoms with Crippen LogP contribution >= 0.6 is 0 Å². The van der Waals surface area contributed by atoms with E-state index in [1.54, 1.807) is 12.1 Å². The molecule has 154 valence electrons. The monoisotopic (exact) mass is 388 g/mol. The lowest BCUT2D eigenvalue weighted by Gasteiger charge is -2.26. The van der Waals surface area contributed by atoms with Crippen molar-refractivity contribution in [3.8, 4) is 11.5 Å². The number of benzene rings is 2. The molecule has 0 fully saturated rings. The van der Waals surface area contributed by atoms with Crippen LogP contribution in [0, 0.1) is 0 Å². The lowest BCUT2D eigenvalue weighted by Crippen LogP contribution is -2.40. The zero-order chi connectivity index (χ0) is 20.6. The van der Waals surface area contributed by atoms with Gasteiger partial charge in [-0.05, 0) is 35.4 Å². The van der Waals surface area contributed by atoms with Crippen LogP contribution in [0.2, 0.25) is 0 Å². The number of hydrogen-bond acceptors (Lipinski definition) is 6. The molecule has 5 N–H and O–H groups in total. The quantitative estimate of drug-likeness (QED) is 0.468. The van der Waals surface area contributed by atoms with E-state index >= 15 is 0 Å². The topological polar surface area (TPSA) is 99.2 Å². The zero-order valence-corrected chi connectivity index (χ0v) is 16.7. The van der Waals surface area contributed by atoms with Gasteiger partial charge in [-0.3, -0.25) is 4.90 Å². The Labute approximate surface area is 167 Å². The molecule has 0 saturated carbocycles. The highest BCUT2D eigenvalue weighted by molar-refractivity contribution is 5.41. The third-order valence-electron chi connectivity index (χ3n) is 4.94. The van der Waals surface area contributed by atoms with E-state index in [-0.39, 0.29) is 24.4 Å². The largest absolute Gasteiger partial charge is 0.508 e. The second-order valence-corrected chi connectivity index (χ2v) is 7.47. The van der Waals surface area contributed by atoms with Gasteiger partial charge in [-0.15, -0.1) is 0 Å². The SMILES string of the molecule is CC(C)(c1ccc(O)cc1)c1ccc(OCC(O)CN(CCN)CCO)cc1. The summed E-state index contributed by atoms with van der Waals surface area (Å²) >= 11 is 0. The summed E-state index contributed by atoms with van der Waals surface area (Å²) in [6.07, 6.45) is -0.661. The van der Waals surface area contributed by atoms with Crippen LogP contribution in [0.25, 0.3) is 0 Å². The Morgan fingerprint density at radius 2 is 1.57 bits per heavy atom. The molecule has 0 aliphatic heterocycles. The maximum atomic E-state index is 10.2. The number of aliphatic hydroxyl groups is 2. The van der Waals surface area contributed by atoms with E-state index in [1.807, 2.05) is 41.3 Å². The minimum Gasteiger partial charge on any atom is -0.508 e. The van der Waals surface area contributed by atoms with Crippen LogP contribution in [-0.2, 0) is 5.41 Å². The first kappa shape index (κ1) is 22.2. The first-order chi connectivity index (χ1) is 13.4. The van der Waals surface area contributed by atoms with Crippen molar-refractivity contribution in [3.05, 3.63) is 59.7 Å². The number of aromatic hydroxyl groups is 1. The first-order valence-electron chi connectivity index (χ1n) is 9.61. The molecule has 0 spiro atoms. The molecule has 1 unspecified atom stereocenters. The molecule has 0 aromatic heterocycles. The van der Waals surface area contributed by atoms with Crippen molar-refractivity contribution in [1.29, 1.82) is 0 Å². The van der Waals surface area contributed by atoms with Crippen molar-refractivity contribution in [1.82, 2.24) is 4.90 Å². The second kappa shape index (κ2) is 10.4. The summed E-state index contributed by atoms with van der Waals surface area (Å²) in [4.78, 5) is 1.91. The molecule has 0 saturated heterocycles. The van der Waals surface area contributed by atoms with Crippen molar-refractivity contribution in [2.75, 3.05) is 39.4 Å². The van der Waals surface area contributed by atoms with E-state index in [9.17, 15) is 10.2 Å². The molecule has 2 aromatic carbocycles. The van der Waals surface area contributed by atoms with Crippen molar-refractivity contribution in [3.63, 3.8) is 0 Å². The summed E-state index contributed by atoms with van der Waals surface area (Å²) in [5, 5.41) is 28.7. The average molecular weight is 389 g/mol. The van der Waals surface area contributed by atoms with Crippen molar-refractivity contribution in [2.24, 2.45) is 5.73 Å². The van der Waals surface area contributed by atoms with E-state index < -0.39 is 6.10 Å². The molecule has 6 heteroatoms. The van der Waals surface area contributed by atoms with Crippen molar-refractivity contribution >= 4 is 0 Å². The van der Waals surface area contributed by atoms with Crippen LogP contribution in [0.4, 0.5) is 0 Å². The number of aliphatic hydroxyl groups excluding tert-OH is 2. The molecular formula is C22H32N2O4. The number of phenols is 1. The minimum atomic E-state index is -0.661. The predicted molar refractivity (Wildman–Crippen MR) is 111 cm³/mol. The Hall–Kier alpha value is -2.12. The second-order valence-electron chi connectivity index (χ2n) is 7.47. The number of nitrogens with two attached hydrogens (primary N) is 1. The Morgan fingerprint density at radius 1 is 1.00 bits per heavy atom. The fourth-order valence-corrected chi connectivity index (χ4v) is 3.17. The van der Waals surface area contributed by atoms with Crippen molar-refractivity contribution in [2.45, 2.75) is 25.4 Å².